The molecule has 3 N–H and O–H groups in total. The van der Waals surface area contributed by atoms with Crippen molar-refractivity contribution in [2.45, 2.75) is 32.2 Å². The van der Waals surface area contributed by atoms with E-state index in [1.165, 1.54) is 25.7 Å². The van der Waals surface area contributed by atoms with Gasteiger partial charge in [-0.3, -0.25) is 0 Å². The third-order valence-electron chi connectivity index (χ3n) is 3.29. The molecule has 1 fully saturated rings. The Kier molecular flexibility index (Phi) is 13.9. The summed E-state index contributed by atoms with van der Waals surface area (Å²) in [7, 11) is 0. The first kappa shape index (κ1) is 23.7. The number of benzene rings is 1. The van der Waals surface area contributed by atoms with Crippen LogP contribution in [0.5, 0.6) is 0 Å². The van der Waals surface area contributed by atoms with E-state index in [4.69, 9.17) is 5.11 Å². The molecule has 0 spiro atoms. The highest BCUT2D eigenvalue weighted by Crippen LogP contribution is 2.09. The smallest absolute Gasteiger partial charge is 0.335 e. The molecule has 0 aliphatic carbocycles. The van der Waals surface area contributed by atoms with Gasteiger partial charge in [-0.25, -0.2) is 15.2 Å². The highest BCUT2D eigenvalue weighted by atomic mass is 35.5. The predicted octanol–water partition coefficient (Wildman–Crippen LogP) is 3.04. The van der Waals surface area contributed by atoms with Gasteiger partial charge in [0.2, 0.25) is 0 Å². The van der Waals surface area contributed by atoms with Crippen molar-refractivity contribution in [3.63, 3.8) is 0 Å². The average molecular weight is 373 g/mol. The van der Waals surface area contributed by atoms with E-state index >= 15 is 0 Å². The first-order valence-electron chi connectivity index (χ1n) is 6.81. The van der Waals surface area contributed by atoms with Gasteiger partial charge in [0.1, 0.15) is 0 Å². The fourth-order valence-corrected chi connectivity index (χ4v) is 2.18. The van der Waals surface area contributed by atoms with E-state index in [-0.39, 0.29) is 37.2 Å². The van der Waals surface area contributed by atoms with Gasteiger partial charge in [0, 0.05) is 19.6 Å². The van der Waals surface area contributed by atoms with Crippen LogP contribution in [0.25, 0.3) is 0 Å². The van der Waals surface area contributed by atoms with Gasteiger partial charge >= 0.3 is 5.97 Å². The molecule has 0 atom stereocenters. The normalized spacial score (nSPS) is 15.8. The molecule has 1 aromatic rings. The van der Waals surface area contributed by atoms with Crippen molar-refractivity contribution < 1.29 is 9.90 Å². The molecule has 128 valence electrons. The second kappa shape index (κ2) is 12.9. The van der Waals surface area contributed by atoms with Gasteiger partial charge in [0.05, 0.1) is 5.56 Å². The number of hydrazine groups is 2. The van der Waals surface area contributed by atoms with Gasteiger partial charge in [-0.1, -0.05) is 25.0 Å². The molecule has 1 heterocycles. The van der Waals surface area contributed by atoms with Gasteiger partial charge in [-0.15, -0.1) is 37.2 Å². The number of hydrogen-bond acceptors (Lipinski definition) is 4. The van der Waals surface area contributed by atoms with Crippen LogP contribution in [-0.4, -0.2) is 29.2 Å². The molecule has 1 saturated heterocycles. The molecule has 1 aromatic carbocycles. The third kappa shape index (κ3) is 8.17. The summed E-state index contributed by atoms with van der Waals surface area (Å²) in [6, 6.07) is 7.05. The van der Waals surface area contributed by atoms with Crippen molar-refractivity contribution in [3.05, 3.63) is 35.4 Å². The number of carbonyl (C=O) groups is 1. The van der Waals surface area contributed by atoms with Crippen LogP contribution in [-0.2, 0) is 6.54 Å². The Labute approximate surface area is 150 Å². The van der Waals surface area contributed by atoms with Crippen molar-refractivity contribution >= 4 is 43.2 Å². The minimum Gasteiger partial charge on any atom is -0.478 e. The van der Waals surface area contributed by atoms with Crippen LogP contribution in [0.2, 0.25) is 0 Å². The topological polar surface area (TPSA) is 64.6 Å². The number of nitrogens with one attached hydrogen (secondary N) is 2. The maximum Gasteiger partial charge on any atom is 0.335 e. The number of halogens is 3. The molecular formula is C14H24Cl3N3O2. The maximum atomic E-state index is 10.8. The molecule has 1 aliphatic heterocycles. The van der Waals surface area contributed by atoms with Crippen LogP contribution < -0.4 is 11.0 Å². The summed E-state index contributed by atoms with van der Waals surface area (Å²) in [5, 5.41) is 11.0. The predicted molar refractivity (Wildman–Crippen MR) is 95.2 cm³/mol. The number of nitrogens with zero attached hydrogens (tertiary/aromatic N) is 1. The van der Waals surface area contributed by atoms with Gasteiger partial charge in [-0.05, 0) is 30.5 Å². The lowest BCUT2D eigenvalue weighted by Gasteiger charge is -2.22. The Balaban J connectivity index is 0. The Hall–Kier alpha value is -0.560. The molecule has 1 aliphatic rings. The zero-order chi connectivity index (χ0) is 13.5. The van der Waals surface area contributed by atoms with Crippen molar-refractivity contribution in [2.75, 3.05) is 13.1 Å². The SMILES string of the molecule is Cl.Cl.Cl.O=C(O)c1ccc(CN2CCCCCCNN2)cc1. The minimum atomic E-state index is -0.880. The lowest BCUT2D eigenvalue weighted by atomic mass is 10.1. The quantitative estimate of drug-likeness (QED) is 0.761. The van der Waals surface area contributed by atoms with E-state index in [9.17, 15) is 4.79 Å². The lowest BCUT2D eigenvalue weighted by molar-refractivity contribution is 0.0697. The molecule has 8 heteroatoms. The third-order valence-corrected chi connectivity index (χ3v) is 3.29. The largest absolute Gasteiger partial charge is 0.478 e. The molecule has 0 bridgehead atoms. The summed E-state index contributed by atoms with van der Waals surface area (Å²) in [6.07, 6.45) is 4.92. The number of aromatic carboxylic acids is 1. The molecule has 22 heavy (non-hydrogen) atoms. The Bertz CT molecular complexity index is 408. The number of carboxylic acid groups (broad SMARTS) is 1. The summed E-state index contributed by atoms with van der Waals surface area (Å²) < 4.78 is 0. The van der Waals surface area contributed by atoms with Crippen LogP contribution >= 0.6 is 37.2 Å². The fraction of sp³-hybridized carbons (Fsp3) is 0.500. The van der Waals surface area contributed by atoms with E-state index < -0.39 is 5.97 Å². The Morgan fingerprint density at radius 3 is 2.32 bits per heavy atom. The Morgan fingerprint density at radius 2 is 1.68 bits per heavy atom. The number of hydrogen-bond donors (Lipinski definition) is 3. The molecular weight excluding hydrogens is 349 g/mol. The summed E-state index contributed by atoms with van der Waals surface area (Å²) in [6.45, 7) is 2.75. The van der Waals surface area contributed by atoms with E-state index in [1.54, 1.807) is 12.1 Å². The van der Waals surface area contributed by atoms with E-state index in [0.29, 0.717) is 5.56 Å². The van der Waals surface area contributed by atoms with Crippen LogP contribution in [0.1, 0.15) is 41.6 Å². The summed E-state index contributed by atoms with van der Waals surface area (Å²) in [5.74, 6) is -0.880. The van der Waals surface area contributed by atoms with Gasteiger partial charge in [0.15, 0.2) is 0 Å². The number of carboxylic acids is 1. The van der Waals surface area contributed by atoms with Crippen molar-refractivity contribution in [3.8, 4) is 0 Å². The first-order chi connectivity index (χ1) is 9.25. The maximum absolute atomic E-state index is 10.8. The lowest BCUT2D eigenvalue weighted by Crippen LogP contribution is -2.46. The van der Waals surface area contributed by atoms with Crippen molar-refractivity contribution in [1.29, 1.82) is 0 Å². The fourth-order valence-electron chi connectivity index (χ4n) is 2.18. The summed E-state index contributed by atoms with van der Waals surface area (Å²) in [4.78, 5) is 10.8. The zero-order valence-electron chi connectivity index (χ0n) is 12.3. The zero-order valence-corrected chi connectivity index (χ0v) is 14.7. The Morgan fingerprint density at radius 1 is 1.05 bits per heavy atom. The average Bonchev–Trinajstić information content (AvgIpc) is 2.53. The van der Waals surface area contributed by atoms with Crippen molar-refractivity contribution in [2.24, 2.45) is 0 Å². The van der Waals surface area contributed by atoms with E-state index in [2.05, 4.69) is 16.0 Å². The van der Waals surface area contributed by atoms with E-state index in [1.807, 2.05) is 12.1 Å². The standard InChI is InChI=1S/C14H21N3O2.3ClH/c18-14(19)13-7-5-12(6-8-13)11-17-10-4-2-1-3-9-15-16-17;;;/h5-8,15-16H,1-4,9-11H2,(H,18,19);3*1H. The van der Waals surface area contributed by atoms with Crippen LogP contribution in [0, 0.1) is 0 Å². The monoisotopic (exact) mass is 371 g/mol. The van der Waals surface area contributed by atoms with Crippen molar-refractivity contribution in [1.82, 2.24) is 16.0 Å². The van der Waals surface area contributed by atoms with Crippen LogP contribution in [0.15, 0.2) is 24.3 Å². The molecule has 0 saturated carbocycles. The van der Waals surface area contributed by atoms with E-state index in [0.717, 1.165) is 25.2 Å². The van der Waals surface area contributed by atoms with Gasteiger partial charge in [-0.2, -0.15) is 5.53 Å². The van der Waals surface area contributed by atoms with Gasteiger partial charge < -0.3 is 5.11 Å². The molecule has 2 rings (SSSR count). The second-order valence-corrected chi connectivity index (χ2v) is 4.88. The highest BCUT2D eigenvalue weighted by molar-refractivity contribution is 5.87. The van der Waals surface area contributed by atoms with Gasteiger partial charge in [0.25, 0.3) is 0 Å². The molecule has 5 nitrogen and oxygen atoms in total. The molecule has 0 radical (unpaired) electrons. The molecule has 0 aromatic heterocycles. The number of rotatable bonds is 3. The molecule has 0 amide bonds. The summed E-state index contributed by atoms with van der Waals surface area (Å²) >= 11 is 0. The highest BCUT2D eigenvalue weighted by Gasteiger charge is 2.08. The van der Waals surface area contributed by atoms with Crippen LogP contribution in [0.4, 0.5) is 0 Å². The summed E-state index contributed by atoms with van der Waals surface area (Å²) in [5.41, 5.74) is 7.87. The first-order valence-corrected chi connectivity index (χ1v) is 6.81. The minimum absolute atomic E-state index is 0. The second-order valence-electron chi connectivity index (χ2n) is 4.88. The van der Waals surface area contributed by atoms with Crippen LogP contribution in [0.3, 0.4) is 0 Å². The molecule has 0 unspecified atom stereocenters.